The first-order chi connectivity index (χ1) is 14.5. The molecular formula is C21H20N6O3. The Balaban J connectivity index is 1.31. The molecule has 9 nitrogen and oxygen atoms in total. The number of benzene rings is 1. The molecule has 30 heavy (non-hydrogen) atoms. The number of carbonyl (C=O) groups excluding carboxylic acids is 3. The zero-order valence-electron chi connectivity index (χ0n) is 16.4. The van der Waals surface area contributed by atoms with E-state index >= 15 is 0 Å². The van der Waals surface area contributed by atoms with Gasteiger partial charge in [-0.15, -0.1) is 5.10 Å². The summed E-state index contributed by atoms with van der Waals surface area (Å²) in [5.74, 6) is -2.55. The average molecular weight is 404 g/mol. The summed E-state index contributed by atoms with van der Waals surface area (Å²) in [4.78, 5) is 43.6. The topological polar surface area (TPSA) is 110 Å². The third kappa shape index (κ3) is 2.69. The number of nitrogens with one attached hydrogen (secondary N) is 1. The predicted molar refractivity (Wildman–Crippen MR) is 106 cm³/mol. The molecule has 1 aromatic carbocycles. The maximum Gasteiger partial charge on any atom is 0.243 e. The molecule has 1 unspecified atom stereocenters. The Bertz CT molecular complexity index is 1180. The van der Waals surface area contributed by atoms with E-state index < -0.39 is 23.3 Å². The maximum absolute atomic E-state index is 12.7. The molecule has 0 saturated carbocycles. The molecule has 4 heterocycles. The van der Waals surface area contributed by atoms with Crippen LogP contribution in [0.5, 0.6) is 0 Å². The highest BCUT2D eigenvalue weighted by Crippen LogP contribution is 2.39. The SMILES string of the molecule is C[C@]12CCCN1C(=O)C(C(=O)NCc1cn(-c3cccc4cnccc34)nn1)C2=O. The van der Waals surface area contributed by atoms with Crippen LogP contribution in [0.3, 0.4) is 0 Å². The second kappa shape index (κ2) is 6.72. The molecule has 2 atom stereocenters. The lowest BCUT2D eigenvalue weighted by molar-refractivity contribution is -0.139. The van der Waals surface area contributed by atoms with Gasteiger partial charge in [-0.3, -0.25) is 19.4 Å². The maximum atomic E-state index is 12.7. The standard InChI is InChI=1S/C21H20N6O3/c1-21-7-3-9-26(21)20(30)17(18(21)28)19(29)23-11-14-12-27(25-24-14)16-5-2-4-13-10-22-8-6-15(13)16/h2,4-6,8,10,12,17H,3,7,9,11H2,1H3,(H,23,29)/t17?,21-/m1/s1. The Hall–Kier alpha value is -3.62. The number of rotatable bonds is 4. The summed E-state index contributed by atoms with van der Waals surface area (Å²) in [5, 5.41) is 12.9. The molecule has 9 heteroatoms. The molecule has 1 N–H and O–H groups in total. The van der Waals surface area contributed by atoms with Gasteiger partial charge in [0.2, 0.25) is 11.8 Å². The summed E-state index contributed by atoms with van der Waals surface area (Å²) in [6.45, 7) is 2.36. The number of carbonyl (C=O) groups is 3. The number of ketones is 1. The molecule has 2 aliphatic heterocycles. The van der Waals surface area contributed by atoms with E-state index in [0.717, 1.165) is 22.9 Å². The molecule has 0 spiro atoms. The van der Waals surface area contributed by atoms with Crippen molar-refractivity contribution >= 4 is 28.4 Å². The number of fused-ring (bicyclic) bond motifs is 2. The third-order valence-corrected chi connectivity index (χ3v) is 6.10. The highest BCUT2D eigenvalue weighted by atomic mass is 16.2. The number of amides is 2. The highest BCUT2D eigenvalue weighted by molar-refractivity contribution is 6.25. The van der Waals surface area contributed by atoms with Crippen LogP contribution in [0.25, 0.3) is 16.5 Å². The summed E-state index contributed by atoms with van der Waals surface area (Å²) in [7, 11) is 0. The molecule has 2 aromatic heterocycles. The van der Waals surface area contributed by atoms with Crippen molar-refractivity contribution in [1.29, 1.82) is 0 Å². The monoisotopic (exact) mass is 404 g/mol. The lowest BCUT2D eigenvalue weighted by Crippen LogP contribution is -2.42. The van der Waals surface area contributed by atoms with Gasteiger partial charge in [0.1, 0.15) is 5.69 Å². The minimum absolute atomic E-state index is 0.0823. The van der Waals surface area contributed by atoms with Crippen molar-refractivity contribution in [3.05, 3.63) is 48.5 Å². The zero-order valence-corrected chi connectivity index (χ0v) is 16.4. The van der Waals surface area contributed by atoms with E-state index in [-0.39, 0.29) is 12.3 Å². The van der Waals surface area contributed by atoms with Gasteiger partial charge in [-0.2, -0.15) is 0 Å². The molecule has 5 rings (SSSR count). The van der Waals surface area contributed by atoms with E-state index in [2.05, 4.69) is 20.6 Å². The number of nitrogens with zero attached hydrogens (tertiary/aromatic N) is 5. The van der Waals surface area contributed by atoms with E-state index in [9.17, 15) is 14.4 Å². The Morgan fingerprint density at radius 3 is 3.00 bits per heavy atom. The van der Waals surface area contributed by atoms with Crippen LogP contribution in [-0.2, 0) is 20.9 Å². The van der Waals surface area contributed by atoms with Crippen LogP contribution in [-0.4, -0.2) is 54.6 Å². The van der Waals surface area contributed by atoms with E-state index in [0.29, 0.717) is 18.7 Å². The molecule has 2 saturated heterocycles. The minimum atomic E-state index is -1.27. The van der Waals surface area contributed by atoms with Gasteiger partial charge < -0.3 is 10.2 Å². The van der Waals surface area contributed by atoms with Gasteiger partial charge in [0.25, 0.3) is 0 Å². The lowest BCUT2D eigenvalue weighted by atomic mass is 9.90. The molecule has 3 aromatic rings. The smallest absolute Gasteiger partial charge is 0.243 e. The first-order valence-electron chi connectivity index (χ1n) is 9.87. The van der Waals surface area contributed by atoms with Gasteiger partial charge in [-0.1, -0.05) is 17.3 Å². The third-order valence-electron chi connectivity index (χ3n) is 6.10. The van der Waals surface area contributed by atoms with E-state index in [4.69, 9.17) is 0 Å². The van der Waals surface area contributed by atoms with E-state index in [1.807, 2.05) is 24.3 Å². The van der Waals surface area contributed by atoms with Crippen LogP contribution >= 0.6 is 0 Å². The van der Waals surface area contributed by atoms with Gasteiger partial charge in [0, 0.05) is 29.7 Å². The van der Waals surface area contributed by atoms with Crippen LogP contribution in [0.1, 0.15) is 25.5 Å². The fourth-order valence-electron chi connectivity index (χ4n) is 4.46. The molecular weight excluding hydrogens is 384 g/mol. The van der Waals surface area contributed by atoms with Crippen molar-refractivity contribution in [2.24, 2.45) is 5.92 Å². The van der Waals surface area contributed by atoms with Crippen LogP contribution < -0.4 is 5.32 Å². The van der Waals surface area contributed by atoms with Crippen molar-refractivity contribution in [2.75, 3.05) is 6.54 Å². The number of aromatic nitrogens is 4. The summed E-state index contributed by atoms with van der Waals surface area (Å²) in [5.41, 5.74) is 0.527. The summed E-state index contributed by atoms with van der Waals surface area (Å²) < 4.78 is 1.63. The summed E-state index contributed by atoms with van der Waals surface area (Å²) in [6.07, 6.45) is 6.60. The molecule has 152 valence electrons. The van der Waals surface area contributed by atoms with Crippen LogP contribution in [0.15, 0.2) is 42.9 Å². The lowest BCUT2D eigenvalue weighted by Gasteiger charge is -2.24. The van der Waals surface area contributed by atoms with Crippen LogP contribution in [0.2, 0.25) is 0 Å². The Morgan fingerprint density at radius 2 is 2.17 bits per heavy atom. The minimum Gasteiger partial charge on any atom is -0.349 e. The second-order valence-corrected chi connectivity index (χ2v) is 7.91. The van der Waals surface area contributed by atoms with Gasteiger partial charge in [0.05, 0.1) is 24.0 Å². The van der Waals surface area contributed by atoms with Crippen molar-refractivity contribution in [3.63, 3.8) is 0 Å². The Labute approximate surface area is 172 Å². The average Bonchev–Trinajstić information content (AvgIpc) is 3.43. The van der Waals surface area contributed by atoms with Crippen molar-refractivity contribution in [3.8, 4) is 5.69 Å². The first kappa shape index (κ1) is 18.4. The number of hydrogen-bond acceptors (Lipinski definition) is 6. The molecule has 0 radical (unpaired) electrons. The molecule has 0 aliphatic carbocycles. The molecule has 2 amide bonds. The van der Waals surface area contributed by atoms with E-state index in [1.165, 1.54) is 0 Å². The number of pyridine rings is 1. The first-order valence-corrected chi connectivity index (χ1v) is 9.87. The largest absolute Gasteiger partial charge is 0.349 e. The van der Waals surface area contributed by atoms with Crippen molar-refractivity contribution in [1.82, 2.24) is 30.2 Å². The van der Waals surface area contributed by atoms with Crippen LogP contribution in [0.4, 0.5) is 0 Å². The van der Waals surface area contributed by atoms with Gasteiger partial charge in [-0.05, 0) is 31.9 Å². The Morgan fingerprint density at radius 1 is 1.30 bits per heavy atom. The number of hydrogen-bond donors (Lipinski definition) is 1. The Kier molecular flexibility index (Phi) is 4.12. The zero-order chi connectivity index (χ0) is 20.9. The number of Topliss-reactive ketones (excluding diaryl/α,β-unsaturated/α-hetero) is 1. The van der Waals surface area contributed by atoms with Crippen molar-refractivity contribution in [2.45, 2.75) is 31.8 Å². The van der Waals surface area contributed by atoms with Gasteiger partial charge in [0.15, 0.2) is 11.7 Å². The fourth-order valence-corrected chi connectivity index (χ4v) is 4.46. The van der Waals surface area contributed by atoms with Gasteiger partial charge >= 0.3 is 0 Å². The van der Waals surface area contributed by atoms with Crippen molar-refractivity contribution < 1.29 is 14.4 Å². The van der Waals surface area contributed by atoms with Crippen LogP contribution in [0, 0.1) is 5.92 Å². The normalized spacial score (nSPS) is 23.2. The fraction of sp³-hybridized carbons (Fsp3) is 0.333. The highest BCUT2D eigenvalue weighted by Gasteiger charge is 2.59. The second-order valence-electron chi connectivity index (χ2n) is 7.91. The molecule has 2 fully saturated rings. The summed E-state index contributed by atoms with van der Waals surface area (Å²) >= 11 is 0. The quantitative estimate of drug-likeness (QED) is 0.650. The van der Waals surface area contributed by atoms with Gasteiger partial charge in [-0.25, -0.2) is 4.68 Å². The van der Waals surface area contributed by atoms with E-state index in [1.54, 1.807) is 35.1 Å². The molecule has 0 bridgehead atoms. The predicted octanol–water partition coefficient (Wildman–Crippen LogP) is 1.01. The molecule has 2 aliphatic rings. The summed E-state index contributed by atoms with van der Waals surface area (Å²) in [6, 6.07) is 7.69.